The summed E-state index contributed by atoms with van der Waals surface area (Å²) < 4.78 is 41.8. The molecule has 0 bridgehead atoms. The van der Waals surface area contributed by atoms with Crippen LogP contribution in [-0.2, 0) is 12.7 Å². The zero-order valence-electron chi connectivity index (χ0n) is 15.0. The molecule has 152 valence electrons. The van der Waals surface area contributed by atoms with Gasteiger partial charge in [-0.1, -0.05) is 5.16 Å². The number of nitrogens with one attached hydrogen (secondary N) is 1. The van der Waals surface area contributed by atoms with Crippen LogP contribution in [0.25, 0.3) is 22.6 Å². The SMILES string of the molecule is Nc1nc(NCc2ncc(-c3noc(C(F)(F)F)n3)cn2)cc(-c2cccnc2)n1. The van der Waals surface area contributed by atoms with Crippen molar-refractivity contribution < 1.29 is 17.7 Å². The van der Waals surface area contributed by atoms with Crippen molar-refractivity contribution in [2.75, 3.05) is 11.1 Å². The maximum absolute atomic E-state index is 12.5. The number of hydrogen-bond acceptors (Lipinski definition) is 10. The molecule has 0 aliphatic carbocycles. The average molecular weight is 415 g/mol. The van der Waals surface area contributed by atoms with Crippen molar-refractivity contribution >= 4 is 11.8 Å². The number of rotatable bonds is 5. The maximum Gasteiger partial charge on any atom is 0.471 e. The van der Waals surface area contributed by atoms with E-state index in [0.717, 1.165) is 5.56 Å². The lowest BCUT2D eigenvalue weighted by atomic mass is 10.2. The lowest BCUT2D eigenvalue weighted by Gasteiger charge is -2.08. The first-order valence-electron chi connectivity index (χ1n) is 8.39. The quantitative estimate of drug-likeness (QED) is 0.499. The van der Waals surface area contributed by atoms with E-state index in [0.29, 0.717) is 17.3 Å². The van der Waals surface area contributed by atoms with Gasteiger partial charge in [0.05, 0.1) is 17.8 Å². The van der Waals surface area contributed by atoms with E-state index in [1.165, 1.54) is 12.4 Å². The van der Waals surface area contributed by atoms with Crippen molar-refractivity contribution in [2.45, 2.75) is 12.7 Å². The Kier molecular flexibility index (Phi) is 4.92. The van der Waals surface area contributed by atoms with E-state index >= 15 is 0 Å². The van der Waals surface area contributed by atoms with Crippen LogP contribution < -0.4 is 11.1 Å². The monoisotopic (exact) mass is 415 g/mol. The second-order valence-electron chi connectivity index (χ2n) is 5.90. The van der Waals surface area contributed by atoms with Crippen molar-refractivity contribution in [2.24, 2.45) is 0 Å². The van der Waals surface area contributed by atoms with Gasteiger partial charge < -0.3 is 15.6 Å². The summed E-state index contributed by atoms with van der Waals surface area (Å²) in [4.78, 5) is 23.8. The van der Waals surface area contributed by atoms with E-state index in [9.17, 15) is 13.2 Å². The Morgan fingerprint density at radius 1 is 1.03 bits per heavy atom. The van der Waals surface area contributed by atoms with Crippen LogP contribution in [0.4, 0.5) is 24.9 Å². The Hall–Kier alpha value is -4.16. The van der Waals surface area contributed by atoms with Crippen LogP contribution in [0.3, 0.4) is 0 Å². The predicted molar refractivity (Wildman–Crippen MR) is 97.3 cm³/mol. The fourth-order valence-corrected chi connectivity index (χ4v) is 2.41. The molecule has 0 saturated carbocycles. The van der Waals surface area contributed by atoms with Gasteiger partial charge in [0.25, 0.3) is 0 Å². The van der Waals surface area contributed by atoms with Gasteiger partial charge in [0.15, 0.2) is 0 Å². The number of alkyl halides is 3. The number of anilines is 2. The highest BCUT2D eigenvalue weighted by Crippen LogP contribution is 2.29. The topological polar surface area (TPSA) is 141 Å². The van der Waals surface area contributed by atoms with Gasteiger partial charge >= 0.3 is 12.1 Å². The van der Waals surface area contributed by atoms with Crippen molar-refractivity contribution in [1.29, 1.82) is 0 Å². The highest BCUT2D eigenvalue weighted by Gasteiger charge is 2.38. The van der Waals surface area contributed by atoms with E-state index in [1.54, 1.807) is 24.5 Å². The third-order valence-electron chi connectivity index (χ3n) is 3.76. The summed E-state index contributed by atoms with van der Waals surface area (Å²) in [6.07, 6.45) is 1.17. The van der Waals surface area contributed by atoms with E-state index in [1.807, 2.05) is 6.07 Å². The number of halogens is 3. The molecule has 0 radical (unpaired) electrons. The highest BCUT2D eigenvalue weighted by molar-refractivity contribution is 5.63. The zero-order valence-corrected chi connectivity index (χ0v) is 15.0. The number of nitrogens with zero attached hydrogens (tertiary/aromatic N) is 7. The summed E-state index contributed by atoms with van der Waals surface area (Å²) in [5, 5.41) is 6.31. The first-order chi connectivity index (χ1) is 14.4. The number of aromatic nitrogens is 7. The van der Waals surface area contributed by atoms with Crippen LogP contribution in [0.1, 0.15) is 11.7 Å². The summed E-state index contributed by atoms with van der Waals surface area (Å²) in [5.74, 6) is -0.811. The Morgan fingerprint density at radius 3 is 2.50 bits per heavy atom. The predicted octanol–water partition coefficient (Wildman–Crippen LogP) is 2.59. The van der Waals surface area contributed by atoms with Crippen molar-refractivity contribution in [3.63, 3.8) is 0 Å². The van der Waals surface area contributed by atoms with E-state index in [4.69, 9.17) is 5.73 Å². The summed E-state index contributed by atoms with van der Waals surface area (Å²) in [6, 6.07) is 5.31. The van der Waals surface area contributed by atoms with Crippen LogP contribution in [0.5, 0.6) is 0 Å². The lowest BCUT2D eigenvalue weighted by Crippen LogP contribution is -2.08. The maximum atomic E-state index is 12.5. The second kappa shape index (κ2) is 7.69. The molecule has 4 heterocycles. The third kappa shape index (κ3) is 4.29. The molecule has 0 unspecified atom stereocenters. The normalized spacial score (nSPS) is 11.4. The fourth-order valence-electron chi connectivity index (χ4n) is 2.41. The summed E-state index contributed by atoms with van der Waals surface area (Å²) in [7, 11) is 0. The summed E-state index contributed by atoms with van der Waals surface area (Å²) in [6.45, 7) is 0.184. The molecule has 3 N–H and O–H groups in total. The first kappa shape index (κ1) is 19.2. The number of pyridine rings is 1. The van der Waals surface area contributed by atoms with Crippen LogP contribution >= 0.6 is 0 Å². The Balaban J connectivity index is 1.46. The van der Waals surface area contributed by atoms with Crippen LogP contribution in [-0.4, -0.2) is 35.1 Å². The highest BCUT2D eigenvalue weighted by atomic mass is 19.4. The molecule has 4 rings (SSSR count). The Bertz CT molecular complexity index is 1150. The summed E-state index contributed by atoms with van der Waals surface area (Å²) >= 11 is 0. The first-order valence-corrected chi connectivity index (χ1v) is 8.39. The average Bonchev–Trinajstić information content (AvgIpc) is 3.24. The third-order valence-corrected chi connectivity index (χ3v) is 3.76. The largest absolute Gasteiger partial charge is 0.471 e. The molecule has 0 fully saturated rings. The van der Waals surface area contributed by atoms with E-state index in [-0.39, 0.29) is 23.9 Å². The standard InChI is InChI=1S/C17H12F3N9O/c18-17(19,20)15-28-14(29-30-15)10-6-23-13(24-7-10)8-25-12-4-11(26-16(21)27-12)9-2-1-3-22-5-9/h1-7H,8H2,(H3,21,25,26,27). The number of nitrogen functional groups attached to an aromatic ring is 1. The molecule has 4 aromatic heterocycles. The van der Waals surface area contributed by atoms with Gasteiger partial charge in [-0.25, -0.2) is 15.0 Å². The molecule has 0 aromatic carbocycles. The molecule has 0 spiro atoms. The van der Waals surface area contributed by atoms with Crippen molar-refractivity contribution in [3.05, 3.63) is 54.7 Å². The van der Waals surface area contributed by atoms with Crippen LogP contribution in [0, 0.1) is 0 Å². The molecular formula is C17H12F3N9O. The van der Waals surface area contributed by atoms with E-state index in [2.05, 4.69) is 44.9 Å². The molecule has 0 aliphatic heterocycles. The van der Waals surface area contributed by atoms with Crippen molar-refractivity contribution in [3.8, 4) is 22.6 Å². The number of hydrogen-bond donors (Lipinski definition) is 2. The summed E-state index contributed by atoms with van der Waals surface area (Å²) in [5.41, 5.74) is 7.31. The minimum absolute atomic E-state index is 0.0766. The lowest BCUT2D eigenvalue weighted by molar-refractivity contribution is -0.159. The Morgan fingerprint density at radius 2 is 1.83 bits per heavy atom. The zero-order chi connectivity index (χ0) is 21.1. The van der Waals surface area contributed by atoms with Crippen LogP contribution in [0.2, 0.25) is 0 Å². The second-order valence-corrected chi connectivity index (χ2v) is 5.90. The smallest absolute Gasteiger partial charge is 0.368 e. The number of nitrogens with two attached hydrogens (primary N) is 1. The molecule has 0 aliphatic rings. The fraction of sp³-hybridized carbons (Fsp3) is 0.118. The van der Waals surface area contributed by atoms with Gasteiger partial charge in [-0.2, -0.15) is 23.1 Å². The van der Waals surface area contributed by atoms with Gasteiger partial charge in [-0.3, -0.25) is 4.98 Å². The van der Waals surface area contributed by atoms with Crippen molar-refractivity contribution in [1.82, 2.24) is 35.1 Å². The van der Waals surface area contributed by atoms with Gasteiger partial charge in [-0.05, 0) is 12.1 Å². The van der Waals surface area contributed by atoms with Crippen LogP contribution in [0.15, 0.2) is 47.5 Å². The molecule has 13 heteroatoms. The molecule has 0 atom stereocenters. The van der Waals surface area contributed by atoms with Gasteiger partial charge in [-0.15, -0.1) is 0 Å². The molecule has 30 heavy (non-hydrogen) atoms. The molecule has 4 aromatic rings. The minimum atomic E-state index is -4.72. The minimum Gasteiger partial charge on any atom is -0.368 e. The molecule has 10 nitrogen and oxygen atoms in total. The van der Waals surface area contributed by atoms with Gasteiger partial charge in [0, 0.05) is 36.4 Å². The van der Waals surface area contributed by atoms with Gasteiger partial charge in [0.1, 0.15) is 11.6 Å². The van der Waals surface area contributed by atoms with Gasteiger partial charge in [0.2, 0.25) is 11.8 Å². The molecule has 0 saturated heterocycles. The van der Waals surface area contributed by atoms with E-state index < -0.39 is 12.1 Å². The molecular weight excluding hydrogens is 403 g/mol. The molecule has 0 amide bonds. The Labute approximate surface area is 166 Å².